The summed E-state index contributed by atoms with van der Waals surface area (Å²) in [5.74, 6) is 0.938. The fourth-order valence-corrected chi connectivity index (χ4v) is 1.75. The van der Waals surface area contributed by atoms with Crippen molar-refractivity contribution in [2.75, 3.05) is 19.7 Å². The first-order chi connectivity index (χ1) is 10.5. The van der Waals surface area contributed by atoms with Crippen molar-refractivity contribution in [2.24, 2.45) is 21.4 Å². The zero-order valence-electron chi connectivity index (χ0n) is 13.5. The fraction of sp³-hybridized carbons (Fsp3) is 0.600. The Morgan fingerprint density at radius 2 is 2.18 bits per heavy atom. The molecule has 1 rings (SSSR count). The number of nitrogens with two attached hydrogens (primary N) is 1. The topological polar surface area (TPSA) is 102 Å². The van der Waals surface area contributed by atoms with E-state index in [1.54, 1.807) is 12.3 Å². The molecule has 7 nitrogen and oxygen atoms in total. The highest BCUT2D eigenvalue weighted by Gasteiger charge is 2.17. The van der Waals surface area contributed by atoms with Gasteiger partial charge in [0.1, 0.15) is 0 Å². The van der Waals surface area contributed by atoms with Crippen molar-refractivity contribution in [1.29, 1.82) is 0 Å². The number of hydrazone groups is 1. The van der Waals surface area contributed by atoms with E-state index in [1.165, 1.54) is 0 Å². The van der Waals surface area contributed by atoms with Crippen LogP contribution in [-0.2, 0) is 0 Å². The molecular formula is C15H25N5O2. The standard InChI is InChI=1S/C15H25N5O2/c1-4-18-20-14(16)12-5-6-13(17-11-12)22-10-8-15(2,3)7-9-19-21/h5-6,11,18H,4,7-10H2,1-3H3,(H2,16,20). The van der Waals surface area contributed by atoms with Gasteiger partial charge in [-0.05, 0) is 31.2 Å². The maximum atomic E-state index is 10.2. The molecule has 0 aliphatic carbocycles. The Bertz CT molecular complexity index is 485. The van der Waals surface area contributed by atoms with Crippen LogP contribution >= 0.6 is 0 Å². The van der Waals surface area contributed by atoms with Gasteiger partial charge in [0, 0.05) is 24.4 Å². The molecule has 0 radical (unpaired) electrons. The van der Waals surface area contributed by atoms with Crippen molar-refractivity contribution in [3.63, 3.8) is 0 Å². The summed E-state index contributed by atoms with van der Waals surface area (Å²) in [7, 11) is 0. The Kier molecular flexibility index (Phi) is 7.28. The van der Waals surface area contributed by atoms with Gasteiger partial charge in [-0.25, -0.2) is 4.98 Å². The van der Waals surface area contributed by atoms with Crippen LogP contribution in [0.2, 0.25) is 0 Å². The molecule has 0 bridgehead atoms. The highest BCUT2D eigenvalue weighted by Crippen LogP contribution is 2.25. The van der Waals surface area contributed by atoms with Crippen molar-refractivity contribution in [3.8, 4) is 5.88 Å². The third-order valence-corrected chi connectivity index (χ3v) is 3.30. The predicted molar refractivity (Wildman–Crippen MR) is 87.8 cm³/mol. The molecule has 0 aromatic carbocycles. The smallest absolute Gasteiger partial charge is 0.213 e. The van der Waals surface area contributed by atoms with E-state index >= 15 is 0 Å². The van der Waals surface area contributed by atoms with E-state index in [0.717, 1.165) is 18.4 Å². The third-order valence-electron chi connectivity index (χ3n) is 3.30. The minimum atomic E-state index is 0.0246. The van der Waals surface area contributed by atoms with Gasteiger partial charge in [0.05, 0.1) is 13.2 Å². The summed E-state index contributed by atoms with van der Waals surface area (Å²) >= 11 is 0. The average molecular weight is 307 g/mol. The van der Waals surface area contributed by atoms with Gasteiger partial charge in [-0.15, -0.1) is 0 Å². The van der Waals surface area contributed by atoms with E-state index in [0.29, 0.717) is 31.4 Å². The molecule has 1 heterocycles. The van der Waals surface area contributed by atoms with Gasteiger partial charge in [-0.2, -0.15) is 10.0 Å². The van der Waals surface area contributed by atoms with Crippen molar-refractivity contribution in [1.82, 2.24) is 10.4 Å². The average Bonchev–Trinajstić information content (AvgIpc) is 2.51. The van der Waals surface area contributed by atoms with Crippen molar-refractivity contribution < 1.29 is 4.74 Å². The number of hydrogen-bond acceptors (Lipinski definition) is 6. The van der Waals surface area contributed by atoms with Crippen LogP contribution in [0.15, 0.2) is 28.6 Å². The van der Waals surface area contributed by atoms with Gasteiger partial charge in [-0.3, -0.25) is 0 Å². The van der Waals surface area contributed by atoms with E-state index in [2.05, 4.69) is 34.5 Å². The van der Waals surface area contributed by atoms with Crippen molar-refractivity contribution in [3.05, 3.63) is 28.8 Å². The minimum Gasteiger partial charge on any atom is -0.478 e. The van der Waals surface area contributed by atoms with Crippen LogP contribution < -0.4 is 15.9 Å². The van der Waals surface area contributed by atoms with Gasteiger partial charge in [0.25, 0.3) is 0 Å². The molecule has 0 saturated carbocycles. The Morgan fingerprint density at radius 3 is 2.77 bits per heavy atom. The fourth-order valence-electron chi connectivity index (χ4n) is 1.75. The first-order valence-electron chi connectivity index (χ1n) is 7.43. The number of hydrogen-bond donors (Lipinski definition) is 2. The second kappa shape index (κ2) is 8.96. The molecule has 1 aromatic rings. The van der Waals surface area contributed by atoms with Crippen LogP contribution in [0.3, 0.4) is 0 Å². The van der Waals surface area contributed by atoms with E-state index in [9.17, 15) is 4.91 Å². The Balaban J connectivity index is 2.46. The number of ether oxygens (including phenoxy) is 1. The third kappa shape index (κ3) is 6.51. The molecule has 0 atom stereocenters. The Morgan fingerprint density at radius 1 is 1.41 bits per heavy atom. The molecule has 0 spiro atoms. The molecule has 22 heavy (non-hydrogen) atoms. The molecule has 0 amide bonds. The molecule has 7 heteroatoms. The molecule has 1 aromatic heterocycles. The van der Waals surface area contributed by atoms with Crippen LogP contribution in [0.5, 0.6) is 5.88 Å². The molecule has 0 aliphatic heterocycles. The molecule has 0 aliphatic rings. The van der Waals surface area contributed by atoms with Gasteiger partial charge < -0.3 is 15.9 Å². The highest BCUT2D eigenvalue weighted by molar-refractivity contribution is 5.96. The number of nitrogens with zero attached hydrogens (tertiary/aromatic N) is 3. The predicted octanol–water partition coefficient (Wildman–Crippen LogP) is 2.26. The van der Waals surface area contributed by atoms with Crippen LogP contribution in [0.1, 0.15) is 39.2 Å². The second-order valence-corrected chi connectivity index (χ2v) is 5.76. The number of nitroso groups, excluding NO2 is 1. The lowest BCUT2D eigenvalue weighted by atomic mass is 9.86. The number of pyridine rings is 1. The maximum absolute atomic E-state index is 10.2. The minimum absolute atomic E-state index is 0.0246. The second-order valence-electron chi connectivity index (χ2n) is 5.76. The molecule has 0 fully saturated rings. The highest BCUT2D eigenvalue weighted by atomic mass is 16.5. The summed E-state index contributed by atoms with van der Waals surface area (Å²) in [6, 6.07) is 3.59. The summed E-state index contributed by atoms with van der Waals surface area (Å²) in [5.41, 5.74) is 9.38. The summed E-state index contributed by atoms with van der Waals surface area (Å²) < 4.78 is 5.62. The quantitative estimate of drug-likeness (QED) is 0.299. The Labute approximate surface area is 131 Å². The molecular weight excluding hydrogens is 282 g/mol. The number of rotatable bonds is 10. The van der Waals surface area contributed by atoms with Gasteiger partial charge in [-0.1, -0.05) is 19.0 Å². The first-order valence-corrected chi connectivity index (χ1v) is 7.43. The zero-order chi connectivity index (χ0) is 16.4. The molecule has 3 N–H and O–H groups in total. The normalized spacial score (nSPS) is 12.0. The summed E-state index contributed by atoms with van der Waals surface area (Å²) in [6.07, 6.45) is 3.21. The summed E-state index contributed by atoms with van der Waals surface area (Å²) in [4.78, 5) is 14.4. The molecule has 122 valence electrons. The van der Waals surface area contributed by atoms with Gasteiger partial charge >= 0.3 is 0 Å². The summed E-state index contributed by atoms with van der Waals surface area (Å²) in [5, 5.41) is 6.90. The summed E-state index contributed by atoms with van der Waals surface area (Å²) in [6.45, 7) is 7.72. The number of amidine groups is 1. The first kappa shape index (κ1) is 17.9. The van der Waals surface area contributed by atoms with Crippen LogP contribution in [0.4, 0.5) is 0 Å². The van der Waals surface area contributed by atoms with Gasteiger partial charge in [0.2, 0.25) is 5.88 Å². The van der Waals surface area contributed by atoms with Crippen LogP contribution in [0, 0.1) is 10.3 Å². The van der Waals surface area contributed by atoms with E-state index < -0.39 is 0 Å². The molecule has 0 unspecified atom stereocenters. The monoisotopic (exact) mass is 307 g/mol. The van der Waals surface area contributed by atoms with E-state index in [-0.39, 0.29) is 5.41 Å². The molecule has 0 saturated heterocycles. The van der Waals surface area contributed by atoms with Crippen molar-refractivity contribution in [2.45, 2.75) is 33.6 Å². The van der Waals surface area contributed by atoms with Gasteiger partial charge in [0.15, 0.2) is 5.84 Å². The SMILES string of the molecule is CCN/N=C(\N)c1ccc(OCCC(C)(C)CCN=O)nc1. The van der Waals surface area contributed by atoms with Crippen LogP contribution in [0.25, 0.3) is 0 Å². The van der Waals surface area contributed by atoms with Crippen molar-refractivity contribution >= 4 is 5.84 Å². The van der Waals surface area contributed by atoms with Crippen LogP contribution in [-0.4, -0.2) is 30.5 Å². The number of nitrogens with one attached hydrogen (secondary N) is 1. The lowest BCUT2D eigenvalue weighted by Crippen LogP contribution is -2.19. The maximum Gasteiger partial charge on any atom is 0.213 e. The number of aromatic nitrogens is 1. The largest absolute Gasteiger partial charge is 0.478 e. The Hall–Kier alpha value is -2.18. The van der Waals surface area contributed by atoms with E-state index in [1.807, 2.05) is 13.0 Å². The lowest BCUT2D eigenvalue weighted by molar-refractivity contribution is 0.214. The zero-order valence-corrected chi connectivity index (χ0v) is 13.5. The van der Waals surface area contributed by atoms with E-state index in [4.69, 9.17) is 10.5 Å². The lowest BCUT2D eigenvalue weighted by Gasteiger charge is -2.22.